The van der Waals surface area contributed by atoms with Gasteiger partial charge in [-0.3, -0.25) is 4.79 Å². The van der Waals surface area contributed by atoms with E-state index in [2.05, 4.69) is 0 Å². The number of thiophene rings is 1. The van der Waals surface area contributed by atoms with E-state index in [9.17, 15) is 9.90 Å². The first kappa shape index (κ1) is 11.6. The fourth-order valence-electron chi connectivity index (χ4n) is 1.83. The van der Waals surface area contributed by atoms with Gasteiger partial charge in [-0.15, -0.1) is 11.3 Å². The number of aliphatic hydroxyl groups is 1. The second kappa shape index (κ2) is 4.16. The zero-order valence-electron chi connectivity index (χ0n) is 9.22. The molecule has 88 valence electrons. The molecule has 0 aromatic carbocycles. The van der Waals surface area contributed by atoms with Gasteiger partial charge in [0.05, 0.1) is 18.7 Å². The highest BCUT2D eigenvalue weighted by atomic mass is 32.1. The van der Waals surface area contributed by atoms with Gasteiger partial charge < -0.3 is 15.7 Å². The molecule has 1 aromatic heterocycles. The monoisotopic (exact) mass is 240 g/mol. The summed E-state index contributed by atoms with van der Waals surface area (Å²) in [6, 6.07) is 3.16. The number of nitrogens with zero attached hydrogens (tertiary/aromatic N) is 1. The van der Waals surface area contributed by atoms with Gasteiger partial charge in [-0.1, -0.05) is 13.0 Å². The maximum Gasteiger partial charge on any atom is 0.245 e. The van der Waals surface area contributed by atoms with Crippen molar-refractivity contribution in [2.45, 2.75) is 25.0 Å². The van der Waals surface area contributed by atoms with Gasteiger partial charge in [-0.25, -0.2) is 0 Å². The van der Waals surface area contributed by atoms with Crippen molar-refractivity contribution in [3.63, 3.8) is 0 Å². The highest BCUT2D eigenvalue weighted by Crippen LogP contribution is 2.27. The first-order valence-electron chi connectivity index (χ1n) is 5.36. The number of amides is 1. The van der Waals surface area contributed by atoms with E-state index in [1.54, 1.807) is 4.90 Å². The third-order valence-electron chi connectivity index (χ3n) is 3.06. The summed E-state index contributed by atoms with van der Waals surface area (Å²) >= 11 is 1.48. The summed E-state index contributed by atoms with van der Waals surface area (Å²) in [5, 5.41) is 11.7. The summed E-state index contributed by atoms with van der Waals surface area (Å²) in [7, 11) is 0. The molecule has 16 heavy (non-hydrogen) atoms. The molecule has 1 amide bonds. The Hall–Kier alpha value is -0.910. The Labute approximate surface area is 98.7 Å². The van der Waals surface area contributed by atoms with Crippen LogP contribution in [0.25, 0.3) is 0 Å². The van der Waals surface area contributed by atoms with Gasteiger partial charge >= 0.3 is 0 Å². The summed E-state index contributed by atoms with van der Waals surface area (Å²) < 4.78 is 0. The van der Waals surface area contributed by atoms with Crippen LogP contribution < -0.4 is 5.73 Å². The SMILES string of the molecule is CCC1(O)CN(C(=O)C(N)c2cccs2)C1. The smallest absolute Gasteiger partial charge is 0.245 e. The van der Waals surface area contributed by atoms with Crippen LogP contribution in [0.5, 0.6) is 0 Å². The van der Waals surface area contributed by atoms with E-state index in [1.165, 1.54) is 11.3 Å². The third kappa shape index (κ3) is 1.98. The number of likely N-dealkylation sites (tertiary alicyclic amines) is 1. The summed E-state index contributed by atoms with van der Waals surface area (Å²) in [5.41, 5.74) is 5.17. The minimum atomic E-state index is -0.690. The van der Waals surface area contributed by atoms with Gasteiger partial charge in [0.1, 0.15) is 6.04 Å². The van der Waals surface area contributed by atoms with Gasteiger partial charge in [-0.2, -0.15) is 0 Å². The van der Waals surface area contributed by atoms with Crippen LogP contribution in [0, 0.1) is 0 Å². The highest BCUT2D eigenvalue weighted by molar-refractivity contribution is 7.10. The van der Waals surface area contributed by atoms with Crippen LogP contribution in [-0.2, 0) is 4.79 Å². The van der Waals surface area contributed by atoms with Crippen LogP contribution in [0.3, 0.4) is 0 Å². The molecule has 0 spiro atoms. The summed E-state index contributed by atoms with van der Waals surface area (Å²) in [6.07, 6.45) is 0.672. The van der Waals surface area contributed by atoms with E-state index in [0.717, 1.165) is 4.88 Å². The first-order valence-corrected chi connectivity index (χ1v) is 6.24. The number of carbonyl (C=O) groups is 1. The Morgan fingerprint density at radius 2 is 2.44 bits per heavy atom. The number of carbonyl (C=O) groups excluding carboxylic acids is 1. The maximum atomic E-state index is 11.9. The van der Waals surface area contributed by atoms with E-state index >= 15 is 0 Å². The lowest BCUT2D eigenvalue weighted by Crippen LogP contribution is -2.64. The molecule has 1 atom stereocenters. The minimum absolute atomic E-state index is 0.0967. The van der Waals surface area contributed by atoms with Crippen molar-refractivity contribution in [1.29, 1.82) is 0 Å². The van der Waals surface area contributed by atoms with Crippen molar-refractivity contribution in [3.05, 3.63) is 22.4 Å². The molecule has 1 fully saturated rings. The quantitative estimate of drug-likeness (QED) is 0.818. The molecule has 0 aliphatic carbocycles. The Morgan fingerprint density at radius 3 is 2.94 bits per heavy atom. The van der Waals surface area contributed by atoms with Crippen LogP contribution in [0.4, 0.5) is 0 Å². The van der Waals surface area contributed by atoms with Crippen LogP contribution in [0.15, 0.2) is 17.5 Å². The normalized spacial score (nSPS) is 20.3. The second-order valence-corrected chi connectivity index (χ2v) is 5.24. The Balaban J connectivity index is 1.95. The Morgan fingerprint density at radius 1 is 1.75 bits per heavy atom. The molecule has 0 bridgehead atoms. The second-order valence-electron chi connectivity index (χ2n) is 4.27. The topological polar surface area (TPSA) is 66.6 Å². The average Bonchev–Trinajstić information content (AvgIpc) is 2.76. The minimum Gasteiger partial charge on any atom is -0.386 e. The number of hydrogen-bond acceptors (Lipinski definition) is 4. The third-order valence-corrected chi connectivity index (χ3v) is 4.01. The van der Waals surface area contributed by atoms with E-state index in [4.69, 9.17) is 5.73 Å². The predicted molar refractivity (Wildman–Crippen MR) is 63.1 cm³/mol. The number of β-amino-alcohol motifs (C(OH)–C–C–N with tert-alkyl or cyclic N) is 1. The molecule has 1 aliphatic rings. The van der Waals surface area contributed by atoms with Gasteiger partial charge in [0.25, 0.3) is 0 Å². The zero-order valence-corrected chi connectivity index (χ0v) is 10.0. The fraction of sp³-hybridized carbons (Fsp3) is 0.545. The molecule has 0 radical (unpaired) electrons. The van der Waals surface area contributed by atoms with Crippen LogP contribution >= 0.6 is 11.3 Å². The number of hydrogen-bond donors (Lipinski definition) is 2. The molecule has 1 unspecified atom stereocenters. The highest BCUT2D eigenvalue weighted by Gasteiger charge is 2.43. The Bertz CT molecular complexity index is 371. The molecule has 5 heteroatoms. The van der Waals surface area contributed by atoms with Gasteiger partial charge in [0.15, 0.2) is 0 Å². The molecule has 1 saturated heterocycles. The largest absolute Gasteiger partial charge is 0.386 e. The lowest BCUT2D eigenvalue weighted by molar-refractivity contribution is -0.157. The molecule has 3 N–H and O–H groups in total. The zero-order chi connectivity index (χ0) is 11.8. The lowest BCUT2D eigenvalue weighted by atomic mass is 9.90. The number of rotatable bonds is 3. The van der Waals surface area contributed by atoms with Crippen LogP contribution in [0.1, 0.15) is 24.3 Å². The number of nitrogens with two attached hydrogens (primary N) is 1. The summed E-state index contributed by atoms with van der Waals surface area (Å²) in [4.78, 5) is 14.4. The van der Waals surface area contributed by atoms with Gasteiger partial charge in [0.2, 0.25) is 5.91 Å². The van der Waals surface area contributed by atoms with E-state index < -0.39 is 11.6 Å². The lowest BCUT2D eigenvalue weighted by Gasteiger charge is -2.46. The molecular formula is C11H16N2O2S. The van der Waals surface area contributed by atoms with Crippen molar-refractivity contribution < 1.29 is 9.90 Å². The van der Waals surface area contributed by atoms with Crippen LogP contribution in [0.2, 0.25) is 0 Å². The van der Waals surface area contributed by atoms with E-state index in [0.29, 0.717) is 19.5 Å². The van der Waals surface area contributed by atoms with Gasteiger partial charge in [-0.05, 0) is 17.9 Å². The van der Waals surface area contributed by atoms with Crippen molar-refractivity contribution in [1.82, 2.24) is 4.90 Å². The van der Waals surface area contributed by atoms with E-state index in [1.807, 2.05) is 24.4 Å². The van der Waals surface area contributed by atoms with Gasteiger partial charge in [0, 0.05) is 4.88 Å². The fourth-order valence-corrected chi connectivity index (χ4v) is 2.55. The van der Waals surface area contributed by atoms with Crippen molar-refractivity contribution in [3.8, 4) is 0 Å². The average molecular weight is 240 g/mol. The van der Waals surface area contributed by atoms with Crippen molar-refractivity contribution in [2.24, 2.45) is 5.73 Å². The summed E-state index contributed by atoms with van der Waals surface area (Å²) in [5.74, 6) is -0.0967. The molecule has 2 heterocycles. The van der Waals surface area contributed by atoms with E-state index in [-0.39, 0.29) is 5.91 Å². The van der Waals surface area contributed by atoms with Crippen molar-refractivity contribution in [2.75, 3.05) is 13.1 Å². The van der Waals surface area contributed by atoms with Crippen molar-refractivity contribution >= 4 is 17.2 Å². The molecule has 2 rings (SSSR count). The molecule has 0 saturated carbocycles. The van der Waals surface area contributed by atoms with Crippen LogP contribution in [-0.4, -0.2) is 34.6 Å². The molecule has 1 aliphatic heterocycles. The summed E-state index contributed by atoms with van der Waals surface area (Å²) in [6.45, 7) is 2.73. The predicted octanol–water partition coefficient (Wildman–Crippen LogP) is 0.731. The molecule has 4 nitrogen and oxygen atoms in total. The molecule has 1 aromatic rings. The first-order chi connectivity index (χ1) is 7.56. The Kier molecular flexibility index (Phi) is 3.01. The maximum absolute atomic E-state index is 11.9. The molecular weight excluding hydrogens is 224 g/mol. The standard InChI is InChI=1S/C11H16N2O2S/c1-2-11(15)6-13(7-11)10(14)9(12)8-4-3-5-16-8/h3-5,9,15H,2,6-7,12H2,1H3.